The van der Waals surface area contributed by atoms with Crippen LogP contribution in [0.3, 0.4) is 0 Å². The van der Waals surface area contributed by atoms with Crippen LogP contribution in [0.4, 0.5) is 26.3 Å². The molecule has 0 unspecified atom stereocenters. The Balaban J connectivity index is 1.10. The summed E-state index contributed by atoms with van der Waals surface area (Å²) in [5, 5.41) is 0. The zero-order chi connectivity index (χ0) is 29.1. The first-order chi connectivity index (χ1) is 19.6. The van der Waals surface area contributed by atoms with Crippen molar-refractivity contribution < 1.29 is 31.1 Å². The minimum Gasteiger partial charge on any atom is -0.432 e. The van der Waals surface area contributed by atoms with E-state index in [1.165, 1.54) is 0 Å². The molecule has 3 fully saturated rings. The van der Waals surface area contributed by atoms with E-state index >= 15 is 4.39 Å². The van der Waals surface area contributed by atoms with Crippen LogP contribution in [0.25, 0.3) is 0 Å². The molecule has 41 heavy (non-hydrogen) atoms. The third kappa shape index (κ3) is 6.97. The van der Waals surface area contributed by atoms with Crippen molar-refractivity contribution in [2.24, 2.45) is 23.7 Å². The molecule has 3 aliphatic rings. The van der Waals surface area contributed by atoms with Crippen LogP contribution in [-0.4, -0.2) is 6.11 Å². The van der Waals surface area contributed by atoms with E-state index < -0.39 is 35.2 Å². The lowest BCUT2D eigenvalue weighted by Gasteiger charge is -2.39. The molecule has 3 aliphatic carbocycles. The molecule has 0 N–H and O–H groups in total. The molecule has 0 spiro atoms. The Kier molecular flexibility index (Phi) is 9.40. The van der Waals surface area contributed by atoms with Crippen molar-refractivity contribution >= 4 is 0 Å². The number of ether oxygens (including phenoxy) is 1. The number of hydrogen-bond acceptors (Lipinski definition) is 1. The van der Waals surface area contributed by atoms with E-state index in [2.05, 4.69) is 29.9 Å². The summed E-state index contributed by atoms with van der Waals surface area (Å²) in [5.74, 6) is -4.70. The highest BCUT2D eigenvalue weighted by Crippen LogP contribution is 2.47. The smallest absolute Gasteiger partial charge is 0.400 e. The van der Waals surface area contributed by atoms with Gasteiger partial charge < -0.3 is 4.74 Å². The van der Waals surface area contributed by atoms with Crippen LogP contribution < -0.4 is 4.74 Å². The number of alkyl halides is 2. The first kappa shape index (κ1) is 30.0. The van der Waals surface area contributed by atoms with Crippen molar-refractivity contribution in [3.8, 4) is 5.75 Å². The van der Waals surface area contributed by atoms with Gasteiger partial charge in [0.05, 0.1) is 5.92 Å². The lowest BCUT2D eigenvalue weighted by molar-refractivity contribution is -0.224. The Morgan fingerprint density at radius 2 is 1.24 bits per heavy atom. The summed E-state index contributed by atoms with van der Waals surface area (Å²) in [6.07, 6.45) is 10.8. The highest BCUT2D eigenvalue weighted by Gasteiger charge is 2.45. The van der Waals surface area contributed by atoms with Crippen molar-refractivity contribution in [1.82, 2.24) is 0 Å². The molecular formula is C34H40F6O. The second kappa shape index (κ2) is 12.8. The van der Waals surface area contributed by atoms with Crippen molar-refractivity contribution in [2.75, 3.05) is 0 Å². The van der Waals surface area contributed by atoms with Crippen LogP contribution in [0.1, 0.15) is 107 Å². The average molecular weight is 579 g/mol. The maximum atomic E-state index is 15.3. The van der Waals surface area contributed by atoms with Gasteiger partial charge in [0.25, 0.3) is 0 Å². The molecule has 2 aromatic rings. The lowest BCUT2D eigenvalue weighted by Crippen LogP contribution is -2.38. The van der Waals surface area contributed by atoms with Crippen LogP contribution >= 0.6 is 0 Å². The predicted molar refractivity (Wildman–Crippen MR) is 148 cm³/mol. The summed E-state index contributed by atoms with van der Waals surface area (Å²) in [6, 6.07) is 6.79. The van der Waals surface area contributed by atoms with Gasteiger partial charge in [-0.05, 0) is 131 Å². The Morgan fingerprint density at radius 1 is 0.683 bits per heavy atom. The fourth-order valence-electron chi connectivity index (χ4n) is 7.71. The number of hydrogen-bond donors (Lipinski definition) is 0. The lowest BCUT2D eigenvalue weighted by atomic mass is 9.68. The molecule has 0 aliphatic heterocycles. The highest BCUT2D eigenvalue weighted by atomic mass is 19.3. The van der Waals surface area contributed by atoms with Crippen molar-refractivity contribution in [3.05, 3.63) is 76.9 Å². The average Bonchev–Trinajstić information content (AvgIpc) is 2.96. The van der Waals surface area contributed by atoms with E-state index in [0.717, 1.165) is 62.5 Å². The fourth-order valence-corrected chi connectivity index (χ4v) is 7.71. The molecular weight excluding hydrogens is 538 g/mol. The van der Waals surface area contributed by atoms with Crippen LogP contribution in [0.15, 0.2) is 42.5 Å². The standard InChI is InChI=1S/C34H40F6O/c1-2-3-21-4-6-24(7-5-21)26-14-17-29(30(35)18-26)25-10-8-22(9-11-25)23-12-15-27(16-13-23)34(39,40)41-28-19-31(36)33(38)32(37)20-28/h2-3,14,17-25,27H,4-13,15-16H2,1H3/b3-2+. The number of allylic oxidation sites excluding steroid dienone is 2. The SMILES string of the molecule is C/C=C/C1CCC(c2ccc(C3CCC(C4CCC(C(F)(F)Oc5cc(F)c(F)c(F)c5)CC4)CC3)c(F)c2)CC1. The minimum absolute atomic E-state index is 0.0924. The van der Waals surface area contributed by atoms with Gasteiger partial charge in [-0.2, -0.15) is 8.78 Å². The fraction of sp³-hybridized carbons (Fsp3) is 0.588. The summed E-state index contributed by atoms with van der Waals surface area (Å²) >= 11 is 0. The second-order valence-electron chi connectivity index (χ2n) is 12.5. The molecule has 2 aromatic carbocycles. The minimum atomic E-state index is -3.60. The quantitative estimate of drug-likeness (QED) is 0.180. The molecule has 1 nitrogen and oxygen atoms in total. The first-order valence-electron chi connectivity index (χ1n) is 15.3. The van der Waals surface area contributed by atoms with E-state index in [4.69, 9.17) is 0 Å². The summed E-state index contributed by atoms with van der Waals surface area (Å²) in [7, 11) is 0. The van der Waals surface area contributed by atoms with E-state index in [1.54, 1.807) is 6.07 Å². The van der Waals surface area contributed by atoms with Crippen molar-refractivity contribution in [2.45, 2.75) is 102 Å². The van der Waals surface area contributed by atoms with Gasteiger partial charge in [-0.1, -0.05) is 24.3 Å². The molecule has 0 aromatic heterocycles. The number of rotatable bonds is 7. The van der Waals surface area contributed by atoms with Crippen LogP contribution in [0.2, 0.25) is 0 Å². The molecule has 224 valence electrons. The van der Waals surface area contributed by atoms with Gasteiger partial charge in [0.2, 0.25) is 0 Å². The Labute approximate surface area is 239 Å². The van der Waals surface area contributed by atoms with Crippen LogP contribution in [-0.2, 0) is 0 Å². The predicted octanol–water partition coefficient (Wildman–Crippen LogP) is 10.8. The summed E-state index contributed by atoms with van der Waals surface area (Å²) in [4.78, 5) is 0. The monoisotopic (exact) mass is 578 g/mol. The molecule has 0 radical (unpaired) electrons. The third-order valence-electron chi connectivity index (χ3n) is 10.1. The van der Waals surface area contributed by atoms with E-state index in [-0.39, 0.29) is 24.6 Å². The molecule has 0 heterocycles. The van der Waals surface area contributed by atoms with Crippen LogP contribution in [0.5, 0.6) is 5.75 Å². The Bertz CT molecular complexity index is 1180. The first-order valence-corrected chi connectivity index (χ1v) is 15.3. The molecule has 0 saturated heterocycles. The summed E-state index contributed by atoms with van der Waals surface area (Å²) in [5.41, 5.74) is 1.93. The second-order valence-corrected chi connectivity index (χ2v) is 12.5. The van der Waals surface area contributed by atoms with Gasteiger partial charge in [-0.3, -0.25) is 0 Å². The molecule has 3 saturated carbocycles. The maximum Gasteiger partial charge on any atom is 0.400 e. The van der Waals surface area contributed by atoms with E-state index in [0.29, 0.717) is 48.6 Å². The maximum absolute atomic E-state index is 15.3. The van der Waals surface area contributed by atoms with E-state index in [1.807, 2.05) is 6.07 Å². The number of benzene rings is 2. The van der Waals surface area contributed by atoms with Crippen molar-refractivity contribution in [3.63, 3.8) is 0 Å². The van der Waals surface area contributed by atoms with Gasteiger partial charge in [-0.15, -0.1) is 0 Å². The molecule has 0 bridgehead atoms. The largest absolute Gasteiger partial charge is 0.432 e. The van der Waals surface area contributed by atoms with Crippen molar-refractivity contribution in [1.29, 1.82) is 0 Å². The molecule has 7 heteroatoms. The zero-order valence-electron chi connectivity index (χ0n) is 23.7. The van der Waals surface area contributed by atoms with Gasteiger partial charge in [0.1, 0.15) is 11.6 Å². The van der Waals surface area contributed by atoms with E-state index in [9.17, 15) is 22.0 Å². The summed E-state index contributed by atoms with van der Waals surface area (Å²) in [6.45, 7) is 2.06. The Hall–Kier alpha value is -2.44. The van der Waals surface area contributed by atoms with Gasteiger partial charge >= 0.3 is 6.11 Å². The zero-order valence-corrected chi connectivity index (χ0v) is 23.7. The van der Waals surface area contributed by atoms with Gasteiger partial charge in [-0.25, -0.2) is 17.6 Å². The molecule has 0 amide bonds. The Morgan fingerprint density at radius 3 is 1.80 bits per heavy atom. The molecule has 0 atom stereocenters. The van der Waals surface area contributed by atoms with Gasteiger partial charge in [0.15, 0.2) is 17.5 Å². The highest BCUT2D eigenvalue weighted by molar-refractivity contribution is 5.30. The summed E-state index contributed by atoms with van der Waals surface area (Å²) < 4.78 is 89.6. The number of halogens is 6. The normalized spacial score (nSPS) is 29.5. The van der Waals surface area contributed by atoms with Gasteiger partial charge in [0, 0.05) is 12.1 Å². The molecule has 5 rings (SSSR count). The topological polar surface area (TPSA) is 9.23 Å². The van der Waals surface area contributed by atoms with Crippen LogP contribution in [0, 0.1) is 46.9 Å². The third-order valence-corrected chi connectivity index (χ3v) is 10.1.